The van der Waals surface area contributed by atoms with Crippen LogP contribution < -0.4 is 16.6 Å². The van der Waals surface area contributed by atoms with Crippen LogP contribution in [0.15, 0.2) is 40.6 Å². The molecule has 0 aliphatic heterocycles. The van der Waals surface area contributed by atoms with Gasteiger partial charge in [-0.2, -0.15) is 0 Å². The van der Waals surface area contributed by atoms with Gasteiger partial charge in [-0.15, -0.1) is 0 Å². The van der Waals surface area contributed by atoms with Crippen molar-refractivity contribution in [2.75, 3.05) is 5.32 Å². The molecule has 174 valence electrons. The van der Waals surface area contributed by atoms with Crippen molar-refractivity contribution in [3.63, 3.8) is 0 Å². The molecule has 0 saturated carbocycles. The number of ketones is 1. The second-order valence-electron chi connectivity index (χ2n) is 7.62. The highest BCUT2D eigenvalue weighted by Gasteiger charge is 2.22. The van der Waals surface area contributed by atoms with E-state index in [9.17, 15) is 19.2 Å². The van der Waals surface area contributed by atoms with Gasteiger partial charge in [0.1, 0.15) is 11.8 Å². The van der Waals surface area contributed by atoms with E-state index in [1.807, 2.05) is 0 Å². The van der Waals surface area contributed by atoms with E-state index in [2.05, 4.69) is 30.2 Å². The van der Waals surface area contributed by atoms with E-state index in [0.29, 0.717) is 22.0 Å². The lowest BCUT2D eigenvalue weighted by Crippen LogP contribution is -2.38. The van der Waals surface area contributed by atoms with Crippen LogP contribution in [0.4, 0.5) is 5.82 Å². The number of carbonyl (C=O) groups excluding carboxylic acids is 2. The summed E-state index contributed by atoms with van der Waals surface area (Å²) < 4.78 is 2.09. The van der Waals surface area contributed by atoms with E-state index in [1.54, 1.807) is 26.1 Å². The van der Waals surface area contributed by atoms with E-state index < -0.39 is 29.7 Å². The van der Waals surface area contributed by atoms with Gasteiger partial charge >= 0.3 is 5.69 Å². The number of aromatic amines is 1. The number of aryl methyl sites for hydroxylation is 1. The molecule has 13 heteroatoms. The van der Waals surface area contributed by atoms with Crippen molar-refractivity contribution in [3.8, 4) is 11.3 Å². The van der Waals surface area contributed by atoms with E-state index in [4.69, 9.17) is 11.6 Å². The number of hydrogen-bond donors (Lipinski definition) is 2. The predicted octanol–water partition coefficient (Wildman–Crippen LogP) is 1.49. The first-order valence-corrected chi connectivity index (χ1v) is 10.5. The molecule has 0 spiro atoms. The SMILES string of the molecule is CC(=O)Cn1c(=O)[nH]c2ncn([C@@H](C)C(=O)Nc3cncc(-c4cnc(C)c(Cl)c4)n3)c2c1=O. The fourth-order valence-electron chi connectivity index (χ4n) is 3.28. The summed E-state index contributed by atoms with van der Waals surface area (Å²) in [6.45, 7) is 4.20. The number of rotatable bonds is 6. The Morgan fingerprint density at radius 3 is 2.68 bits per heavy atom. The lowest BCUT2D eigenvalue weighted by Gasteiger charge is -2.14. The van der Waals surface area contributed by atoms with Crippen molar-refractivity contribution in [3.05, 3.63) is 62.5 Å². The van der Waals surface area contributed by atoms with Crippen LogP contribution in [-0.2, 0) is 16.1 Å². The molecule has 1 amide bonds. The molecule has 0 aromatic carbocycles. The van der Waals surface area contributed by atoms with Gasteiger partial charge in [-0.25, -0.2) is 14.8 Å². The number of pyridine rings is 1. The van der Waals surface area contributed by atoms with Gasteiger partial charge in [0.15, 0.2) is 17.0 Å². The molecule has 4 heterocycles. The molecule has 0 aliphatic rings. The Bertz CT molecular complexity index is 1550. The number of anilines is 1. The zero-order chi connectivity index (χ0) is 24.6. The smallest absolute Gasteiger partial charge is 0.312 e. The van der Waals surface area contributed by atoms with Crippen LogP contribution in [-0.4, -0.2) is 45.7 Å². The molecule has 2 N–H and O–H groups in total. The average Bonchev–Trinajstić information content (AvgIpc) is 3.21. The quantitative estimate of drug-likeness (QED) is 0.418. The first-order valence-electron chi connectivity index (χ1n) is 10.1. The number of fused-ring (bicyclic) bond motifs is 1. The van der Waals surface area contributed by atoms with Gasteiger partial charge in [0.25, 0.3) is 5.56 Å². The fraction of sp³-hybridized carbons (Fsp3) is 0.238. The highest BCUT2D eigenvalue weighted by Crippen LogP contribution is 2.23. The van der Waals surface area contributed by atoms with Crippen LogP contribution in [0.3, 0.4) is 0 Å². The molecule has 4 aromatic heterocycles. The third-order valence-corrected chi connectivity index (χ3v) is 5.48. The molecular weight excluding hydrogens is 464 g/mol. The molecule has 1 atom stereocenters. The molecule has 0 bridgehead atoms. The van der Waals surface area contributed by atoms with Crippen molar-refractivity contribution >= 4 is 40.3 Å². The molecular formula is C21H19ClN8O4. The van der Waals surface area contributed by atoms with E-state index in [0.717, 1.165) is 4.57 Å². The van der Waals surface area contributed by atoms with Gasteiger partial charge in [-0.05, 0) is 26.8 Å². The highest BCUT2D eigenvalue weighted by molar-refractivity contribution is 6.31. The zero-order valence-electron chi connectivity index (χ0n) is 18.4. The summed E-state index contributed by atoms with van der Waals surface area (Å²) in [5.41, 5.74) is 0.279. The summed E-state index contributed by atoms with van der Waals surface area (Å²) in [6, 6.07) is 0.794. The van der Waals surface area contributed by atoms with Crippen molar-refractivity contribution < 1.29 is 9.59 Å². The van der Waals surface area contributed by atoms with Crippen molar-refractivity contribution in [1.29, 1.82) is 0 Å². The minimum atomic E-state index is -0.907. The Kier molecular flexibility index (Phi) is 6.07. The third-order valence-electron chi connectivity index (χ3n) is 5.10. The summed E-state index contributed by atoms with van der Waals surface area (Å²) in [4.78, 5) is 68.6. The number of Topliss-reactive ketones (excluding diaryl/α,β-unsaturated/α-hetero) is 1. The third kappa shape index (κ3) is 4.35. The van der Waals surface area contributed by atoms with E-state index in [-0.39, 0.29) is 22.8 Å². The number of hydrogen-bond acceptors (Lipinski definition) is 8. The predicted molar refractivity (Wildman–Crippen MR) is 124 cm³/mol. The molecule has 0 unspecified atom stereocenters. The fourth-order valence-corrected chi connectivity index (χ4v) is 3.45. The zero-order valence-corrected chi connectivity index (χ0v) is 19.1. The Balaban J connectivity index is 1.64. The van der Waals surface area contributed by atoms with Crippen LogP contribution in [0.5, 0.6) is 0 Å². The molecule has 12 nitrogen and oxygen atoms in total. The number of nitrogens with zero attached hydrogens (tertiary/aromatic N) is 6. The summed E-state index contributed by atoms with van der Waals surface area (Å²) in [5, 5.41) is 3.13. The number of nitrogens with one attached hydrogen (secondary N) is 2. The van der Waals surface area contributed by atoms with Crippen molar-refractivity contribution in [2.24, 2.45) is 0 Å². The van der Waals surface area contributed by atoms with E-state index in [1.165, 1.54) is 30.2 Å². The number of H-pyrrole nitrogens is 1. The average molecular weight is 483 g/mol. The van der Waals surface area contributed by atoms with Crippen LogP contribution in [0.25, 0.3) is 22.4 Å². The van der Waals surface area contributed by atoms with Gasteiger partial charge in [0.05, 0.1) is 41.7 Å². The van der Waals surface area contributed by atoms with Crippen LogP contribution in [0.1, 0.15) is 25.6 Å². The molecule has 0 saturated heterocycles. The topological polar surface area (TPSA) is 158 Å². The highest BCUT2D eigenvalue weighted by atomic mass is 35.5. The maximum absolute atomic E-state index is 12.9. The largest absolute Gasteiger partial charge is 0.330 e. The molecule has 0 radical (unpaired) electrons. The molecule has 34 heavy (non-hydrogen) atoms. The molecule has 0 aliphatic carbocycles. The van der Waals surface area contributed by atoms with Crippen molar-refractivity contribution in [2.45, 2.75) is 33.4 Å². The van der Waals surface area contributed by atoms with E-state index >= 15 is 0 Å². The number of carbonyl (C=O) groups is 2. The lowest BCUT2D eigenvalue weighted by molar-refractivity contribution is -0.119. The van der Waals surface area contributed by atoms with Crippen molar-refractivity contribution in [1.82, 2.24) is 34.1 Å². The van der Waals surface area contributed by atoms with Gasteiger partial charge in [0.2, 0.25) is 5.91 Å². The number of aromatic nitrogens is 7. The van der Waals surface area contributed by atoms with Crippen LogP contribution in [0.2, 0.25) is 5.02 Å². The standard InChI is InChI=1S/C21H19ClN8O4/c1-10(31)8-29-20(33)17-18(28-21(29)34)25-9-30(17)12(3)19(32)27-16-7-23-6-15(26-16)13-4-14(22)11(2)24-5-13/h4-7,9,12H,8H2,1-3H3,(H,28,34)(H,26,27,32)/t12-/m0/s1. The summed E-state index contributed by atoms with van der Waals surface area (Å²) in [6.07, 6.45) is 5.76. The monoisotopic (exact) mass is 482 g/mol. The first-order chi connectivity index (χ1) is 16.2. The molecule has 0 fully saturated rings. The molecule has 4 rings (SSSR count). The van der Waals surface area contributed by atoms with Gasteiger partial charge in [-0.1, -0.05) is 11.6 Å². The van der Waals surface area contributed by atoms with Gasteiger partial charge in [0, 0.05) is 11.8 Å². The maximum Gasteiger partial charge on any atom is 0.330 e. The number of imidazole rings is 1. The van der Waals surface area contributed by atoms with Gasteiger partial charge in [-0.3, -0.25) is 33.9 Å². The Labute approximate surface area is 196 Å². The Morgan fingerprint density at radius 1 is 1.21 bits per heavy atom. The second-order valence-corrected chi connectivity index (χ2v) is 8.03. The van der Waals surface area contributed by atoms with Crippen LogP contribution >= 0.6 is 11.6 Å². The van der Waals surface area contributed by atoms with Crippen LogP contribution in [0, 0.1) is 6.92 Å². The summed E-state index contributed by atoms with van der Waals surface area (Å²) in [7, 11) is 0. The first kappa shape index (κ1) is 23.0. The molecule has 4 aromatic rings. The summed E-state index contributed by atoms with van der Waals surface area (Å²) >= 11 is 6.14. The Hall–Kier alpha value is -4.19. The summed E-state index contributed by atoms with van der Waals surface area (Å²) in [5.74, 6) is -0.695. The van der Waals surface area contributed by atoms with Gasteiger partial charge < -0.3 is 9.88 Å². The minimum Gasteiger partial charge on any atom is -0.312 e. The Morgan fingerprint density at radius 2 is 1.97 bits per heavy atom. The maximum atomic E-state index is 12.9. The lowest BCUT2D eigenvalue weighted by atomic mass is 10.2. The second kappa shape index (κ2) is 8.98. The number of amides is 1. The normalized spacial score (nSPS) is 12.0. The number of halogens is 1. The minimum absolute atomic E-state index is 0.0105.